The van der Waals surface area contributed by atoms with Gasteiger partial charge >= 0.3 is 11.9 Å². The molecule has 10 heteroatoms. The molecule has 0 amide bonds. The maximum atomic E-state index is 12.0. The van der Waals surface area contributed by atoms with Gasteiger partial charge in [0.15, 0.2) is 0 Å². The molecule has 0 saturated carbocycles. The van der Waals surface area contributed by atoms with Gasteiger partial charge in [-0.05, 0) is 18.5 Å². The zero-order valence-electron chi connectivity index (χ0n) is 11.1. The molecule has 0 radical (unpaired) electrons. The van der Waals surface area contributed by atoms with E-state index in [1.165, 1.54) is 14.0 Å². The topological polar surface area (TPSA) is 114 Å². The number of carbonyl (C=O) groups is 2. The molecule has 20 heavy (non-hydrogen) atoms. The van der Waals surface area contributed by atoms with Gasteiger partial charge in [-0.25, -0.2) is 13.2 Å². The van der Waals surface area contributed by atoms with Crippen LogP contribution in [0.5, 0.6) is 0 Å². The predicted molar refractivity (Wildman–Crippen MR) is 72.6 cm³/mol. The lowest BCUT2D eigenvalue weighted by molar-refractivity contribution is -0.140. The second-order valence-electron chi connectivity index (χ2n) is 3.86. The highest BCUT2D eigenvalue weighted by atomic mass is 32.2. The highest BCUT2D eigenvalue weighted by Gasteiger charge is 2.27. The Balaban J connectivity index is 3.02. The Labute approximate surface area is 120 Å². The first-order chi connectivity index (χ1) is 9.20. The number of aryl methyl sites for hydroxylation is 1. The van der Waals surface area contributed by atoms with Crippen molar-refractivity contribution in [2.24, 2.45) is 0 Å². The van der Waals surface area contributed by atoms with E-state index >= 15 is 0 Å². The normalized spacial score (nSPS) is 11.2. The second-order valence-corrected chi connectivity index (χ2v) is 6.73. The van der Waals surface area contributed by atoms with Crippen LogP contribution in [-0.2, 0) is 19.6 Å². The standard InChI is InChI=1S/C10H14N2O6S2/c1-6-8(10(14)15)9(19-11-6)12(2)20(16,17)5-4-7(13)18-3/h4-5H2,1-3H3,(H,14,15). The lowest BCUT2D eigenvalue weighted by Gasteiger charge is -2.17. The van der Waals surface area contributed by atoms with Crippen LogP contribution >= 0.6 is 11.5 Å². The number of anilines is 1. The van der Waals surface area contributed by atoms with Crippen molar-refractivity contribution in [1.29, 1.82) is 0 Å². The minimum atomic E-state index is -3.82. The van der Waals surface area contributed by atoms with E-state index in [1.54, 1.807) is 0 Å². The van der Waals surface area contributed by atoms with E-state index in [0.717, 1.165) is 22.9 Å². The van der Waals surface area contributed by atoms with Crippen molar-refractivity contribution in [2.75, 3.05) is 24.2 Å². The molecule has 0 spiro atoms. The lowest BCUT2D eigenvalue weighted by atomic mass is 10.2. The Bertz CT molecular complexity index is 622. The van der Waals surface area contributed by atoms with Crippen molar-refractivity contribution >= 4 is 38.5 Å². The van der Waals surface area contributed by atoms with Crippen LogP contribution in [0.3, 0.4) is 0 Å². The molecule has 1 heterocycles. The molecule has 8 nitrogen and oxygen atoms in total. The number of aromatic nitrogens is 1. The molecule has 0 saturated heterocycles. The summed E-state index contributed by atoms with van der Waals surface area (Å²) in [5, 5.41) is 9.09. The third-order valence-electron chi connectivity index (χ3n) is 2.55. The Kier molecular flexibility index (Phi) is 5.06. The molecule has 0 unspecified atom stereocenters. The van der Waals surface area contributed by atoms with E-state index < -0.39 is 27.7 Å². The number of nitrogens with zero attached hydrogens (tertiary/aromatic N) is 2. The summed E-state index contributed by atoms with van der Waals surface area (Å²) in [5.41, 5.74) is 0.0895. The van der Waals surface area contributed by atoms with Crippen LogP contribution in [0.15, 0.2) is 0 Å². The van der Waals surface area contributed by atoms with E-state index in [4.69, 9.17) is 5.11 Å². The second kappa shape index (κ2) is 6.18. The van der Waals surface area contributed by atoms with Gasteiger partial charge in [0.25, 0.3) is 0 Å². The highest BCUT2D eigenvalue weighted by molar-refractivity contribution is 7.93. The third kappa shape index (κ3) is 3.45. The maximum Gasteiger partial charge on any atom is 0.340 e. The fourth-order valence-corrected chi connectivity index (χ4v) is 3.64. The van der Waals surface area contributed by atoms with E-state index in [-0.39, 0.29) is 22.7 Å². The first-order valence-corrected chi connectivity index (χ1v) is 7.82. The highest BCUT2D eigenvalue weighted by Crippen LogP contribution is 2.29. The van der Waals surface area contributed by atoms with Crippen molar-refractivity contribution in [3.63, 3.8) is 0 Å². The number of esters is 1. The van der Waals surface area contributed by atoms with Crippen LogP contribution in [0, 0.1) is 6.92 Å². The first-order valence-electron chi connectivity index (χ1n) is 5.43. The Morgan fingerprint density at radius 2 is 2.05 bits per heavy atom. The van der Waals surface area contributed by atoms with Crippen molar-refractivity contribution in [3.05, 3.63) is 11.3 Å². The van der Waals surface area contributed by atoms with E-state index in [1.807, 2.05) is 0 Å². The number of hydrogen-bond acceptors (Lipinski definition) is 7. The fraction of sp³-hybridized carbons (Fsp3) is 0.500. The summed E-state index contributed by atoms with van der Waals surface area (Å²) in [7, 11) is -1.43. The number of ether oxygens (including phenoxy) is 1. The number of hydrogen-bond donors (Lipinski definition) is 1. The van der Waals surface area contributed by atoms with Crippen LogP contribution < -0.4 is 4.31 Å². The molecule has 0 aliphatic carbocycles. The molecule has 0 aromatic carbocycles. The molecular formula is C10H14N2O6S2. The summed E-state index contributed by atoms with van der Waals surface area (Å²) < 4.78 is 33.1. The minimum absolute atomic E-state index is 0.0138. The number of carbonyl (C=O) groups excluding carboxylic acids is 1. The number of rotatable bonds is 6. The zero-order valence-corrected chi connectivity index (χ0v) is 12.7. The molecule has 0 aliphatic rings. The maximum absolute atomic E-state index is 12.0. The molecule has 1 aromatic rings. The summed E-state index contributed by atoms with van der Waals surface area (Å²) >= 11 is 0.779. The molecular weight excluding hydrogens is 308 g/mol. The van der Waals surface area contributed by atoms with Gasteiger partial charge in [-0.3, -0.25) is 9.10 Å². The predicted octanol–water partition coefficient (Wildman–Crippen LogP) is 0.479. The summed E-state index contributed by atoms with van der Waals surface area (Å²) in [6.45, 7) is 1.48. The van der Waals surface area contributed by atoms with Crippen molar-refractivity contribution < 1.29 is 27.9 Å². The van der Waals surface area contributed by atoms with E-state index in [0.29, 0.717) is 0 Å². The Morgan fingerprint density at radius 1 is 1.45 bits per heavy atom. The molecule has 0 atom stereocenters. The fourth-order valence-electron chi connectivity index (χ4n) is 1.40. The summed E-state index contributed by atoms with van der Waals surface area (Å²) in [6, 6.07) is 0. The van der Waals surface area contributed by atoms with Crippen LogP contribution in [0.25, 0.3) is 0 Å². The Hall–Kier alpha value is -1.68. The summed E-state index contributed by atoms with van der Waals surface area (Å²) in [6.07, 6.45) is -0.302. The van der Waals surface area contributed by atoms with Gasteiger partial charge in [0.1, 0.15) is 10.6 Å². The number of sulfonamides is 1. The SMILES string of the molecule is COC(=O)CCS(=O)(=O)N(C)c1snc(C)c1C(=O)O. The van der Waals surface area contributed by atoms with Crippen LogP contribution in [0.2, 0.25) is 0 Å². The number of aromatic carboxylic acids is 1. The van der Waals surface area contributed by atoms with Crippen LogP contribution in [-0.4, -0.2) is 49.7 Å². The van der Waals surface area contributed by atoms with Gasteiger partial charge in [-0.1, -0.05) is 0 Å². The minimum Gasteiger partial charge on any atom is -0.478 e. The van der Waals surface area contributed by atoms with Gasteiger partial charge in [0, 0.05) is 7.05 Å². The van der Waals surface area contributed by atoms with Gasteiger partial charge in [0.05, 0.1) is 25.0 Å². The monoisotopic (exact) mass is 322 g/mol. The van der Waals surface area contributed by atoms with Gasteiger partial charge < -0.3 is 9.84 Å². The average molecular weight is 322 g/mol. The Morgan fingerprint density at radius 3 is 2.55 bits per heavy atom. The molecule has 0 fully saturated rings. The largest absolute Gasteiger partial charge is 0.478 e. The molecule has 1 N–H and O–H groups in total. The van der Waals surface area contributed by atoms with Gasteiger partial charge in [-0.2, -0.15) is 4.37 Å². The van der Waals surface area contributed by atoms with Crippen LogP contribution in [0.1, 0.15) is 22.5 Å². The smallest absolute Gasteiger partial charge is 0.340 e. The van der Waals surface area contributed by atoms with E-state index in [9.17, 15) is 18.0 Å². The van der Waals surface area contributed by atoms with E-state index in [2.05, 4.69) is 9.11 Å². The molecule has 1 aromatic heterocycles. The van der Waals surface area contributed by atoms with Crippen molar-refractivity contribution in [1.82, 2.24) is 4.37 Å². The lowest BCUT2D eigenvalue weighted by Crippen LogP contribution is -2.30. The summed E-state index contributed by atoms with van der Waals surface area (Å²) in [4.78, 5) is 22.1. The van der Waals surface area contributed by atoms with Crippen molar-refractivity contribution in [3.8, 4) is 0 Å². The summed E-state index contributed by atoms with van der Waals surface area (Å²) in [5.74, 6) is -2.37. The number of carboxylic acids is 1. The zero-order chi connectivity index (χ0) is 15.5. The van der Waals surface area contributed by atoms with Crippen molar-refractivity contribution in [2.45, 2.75) is 13.3 Å². The number of carboxylic acid groups (broad SMARTS) is 1. The third-order valence-corrected chi connectivity index (χ3v) is 5.42. The van der Waals surface area contributed by atoms with Gasteiger partial charge in [0.2, 0.25) is 10.0 Å². The molecule has 112 valence electrons. The van der Waals surface area contributed by atoms with Crippen LogP contribution in [0.4, 0.5) is 5.00 Å². The number of methoxy groups -OCH3 is 1. The first kappa shape index (κ1) is 16.4. The van der Waals surface area contributed by atoms with Gasteiger partial charge in [-0.15, -0.1) is 0 Å². The molecule has 0 bridgehead atoms. The molecule has 1 rings (SSSR count). The quantitative estimate of drug-likeness (QED) is 0.757. The average Bonchev–Trinajstić information content (AvgIpc) is 2.76. The molecule has 0 aliphatic heterocycles.